The molecule has 0 radical (unpaired) electrons. The van der Waals surface area contributed by atoms with E-state index < -0.39 is 22.3 Å². The lowest BCUT2D eigenvalue weighted by molar-refractivity contribution is -0.125. The van der Waals surface area contributed by atoms with Gasteiger partial charge < -0.3 is 9.47 Å². The molecule has 4 amide bonds. The summed E-state index contributed by atoms with van der Waals surface area (Å²) in [7, 11) is 4.69. The molecule has 0 bridgehead atoms. The van der Waals surface area contributed by atoms with Gasteiger partial charge in [0.2, 0.25) is 0 Å². The Balaban J connectivity index is 1.43. The second-order valence-corrected chi connectivity index (χ2v) is 9.83. The number of ether oxygens (including phenoxy) is 2. The van der Waals surface area contributed by atoms with E-state index in [1.807, 2.05) is 24.3 Å². The third-order valence-electron chi connectivity index (χ3n) is 5.36. The van der Waals surface area contributed by atoms with Crippen molar-refractivity contribution in [2.45, 2.75) is 0 Å². The summed E-state index contributed by atoms with van der Waals surface area (Å²) < 4.78 is 10.6. The summed E-state index contributed by atoms with van der Waals surface area (Å²) in [5.74, 6) is 0.268. The van der Waals surface area contributed by atoms with Crippen molar-refractivity contribution < 1.29 is 28.7 Å². The quantitative estimate of drug-likeness (QED) is 0.467. The summed E-state index contributed by atoms with van der Waals surface area (Å²) in [4.78, 5) is 55.2. The molecule has 0 N–H and O–H groups in total. The lowest BCUT2D eigenvalue weighted by atomic mass is 10.2. The summed E-state index contributed by atoms with van der Waals surface area (Å²) in [6.45, 7) is -0.164. The van der Waals surface area contributed by atoms with Gasteiger partial charge in [0.05, 0.1) is 37.4 Å². The summed E-state index contributed by atoms with van der Waals surface area (Å²) in [6, 6.07) is 14.4. The maximum atomic E-state index is 12.9. The number of benzene rings is 2. The molecule has 36 heavy (non-hydrogen) atoms. The monoisotopic (exact) mass is 525 g/mol. The van der Waals surface area contributed by atoms with Crippen molar-refractivity contribution in [1.29, 1.82) is 0 Å². The maximum Gasteiger partial charge on any atom is 0.294 e. The van der Waals surface area contributed by atoms with Crippen LogP contribution in [-0.4, -0.2) is 71.6 Å². The molecule has 0 aliphatic carbocycles. The normalized spacial score (nSPS) is 18.3. The van der Waals surface area contributed by atoms with Crippen molar-refractivity contribution in [3.8, 4) is 11.5 Å². The van der Waals surface area contributed by atoms with E-state index in [-0.39, 0.29) is 23.1 Å². The standard InChI is InChI=1S/C25H23N3O6S2/c1-26(14-27-22(29)20(35-24(27)31)12-16-8-4-6-10-18(16)33-2)15-28-23(30)21(36-25(28)32)13-17-9-5-7-11-19(17)34-3/h4-13H,14-15H2,1-3H3/b20-12-,21-13-. The molecular formula is C25H23N3O6S2. The molecular weight excluding hydrogens is 502 g/mol. The summed E-state index contributed by atoms with van der Waals surface area (Å²) in [5.41, 5.74) is 1.36. The van der Waals surface area contributed by atoms with Crippen LogP contribution >= 0.6 is 23.5 Å². The third kappa shape index (κ3) is 5.32. The zero-order valence-electron chi connectivity index (χ0n) is 19.8. The molecule has 9 nitrogen and oxygen atoms in total. The van der Waals surface area contributed by atoms with Gasteiger partial charge in [-0.2, -0.15) is 0 Å². The second kappa shape index (κ2) is 11.0. The number of imide groups is 2. The minimum atomic E-state index is -0.451. The number of rotatable bonds is 8. The van der Waals surface area contributed by atoms with Crippen LogP contribution in [0.4, 0.5) is 9.59 Å². The number of hydrogen-bond donors (Lipinski definition) is 0. The minimum absolute atomic E-state index is 0.0821. The van der Waals surface area contributed by atoms with Gasteiger partial charge in [0.1, 0.15) is 11.5 Å². The number of carbonyl (C=O) groups excluding carboxylic acids is 4. The molecule has 0 unspecified atom stereocenters. The number of thioether (sulfide) groups is 2. The number of carbonyl (C=O) groups is 4. The number of nitrogens with zero attached hydrogens (tertiary/aromatic N) is 3. The number of para-hydroxylation sites is 2. The van der Waals surface area contributed by atoms with E-state index in [4.69, 9.17) is 9.47 Å². The van der Waals surface area contributed by atoms with Gasteiger partial charge in [0.25, 0.3) is 22.3 Å². The first-order valence-corrected chi connectivity index (χ1v) is 12.4. The second-order valence-electron chi connectivity index (χ2n) is 7.84. The highest BCUT2D eigenvalue weighted by atomic mass is 32.2. The molecule has 0 atom stereocenters. The zero-order valence-corrected chi connectivity index (χ0v) is 21.4. The summed E-state index contributed by atoms with van der Waals surface area (Å²) in [6.07, 6.45) is 3.23. The van der Waals surface area contributed by atoms with Crippen LogP contribution in [0.25, 0.3) is 12.2 Å². The Bertz CT molecular complexity index is 1190. The molecule has 2 fully saturated rings. The van der Waals surface area contributed by atoms with Gasteiger partial charge >= 0.3 is 0 Å². The summed E-state index contributed by atoms with van der Waals surface area (Å²) >= 11 is 1.66. The van der Waals surface area contributed by atoms with E-state index in [2.05, 4.69) is 0 Å². The first kappa shape index (κ1) is 25.5. The Morgan fingerprint density at radius 1 is 0.722 bits per heavy atom. The van der Waals surface area contributed by atoms with Crippen LogP contribution in [0.5, 0.6) is 11.5 Å². The Labute approximate surface area is 216 Å². The molecule has 2 aromatic carbocycles. The van der Waals surface area contributed by atoms with Gasteiger partial charge in [-0.25, -0.2) is 0 Å². The Morgan fingerprint density at radius 2 is 1.11 bits per heavy atom. The summed E-state index contributed by atoms with van der Waals surface area (Å²) in [5, 5.41) is -0.864. The van der Waals surface area contributed by atoms with Crippen molar-refractivity contribution in [2.24, 2.45) is 0 Å². The third-order valence-corrected chi connectivity index (χ3v) is 7.18. The van der Waals surface area contributed by atoms with Crippen molar-refractivity contribution in [1.82, 2.24) is 14.7 Å². The van der Waals surface area contributed by atoms with E-state index in [0.29, 0.717) is 22.6 Å². The molecule has 2 aromatic rings. The van der Waals surface area contributed by atoms with E-state index in [1.54, 1.807) is 48.4 Å². The number of methoxy groups -OCH3 is 2. The van der Waals surface area contributed by atoms with Gasteiger partial charge in [-0.05, 0) is 54.9 Å². The van der Waals surface area contributed by atoms with Crippen molar-refractivity contribution in [3.05, 3.63) is 69.5 Å². The van der Waals surface area contributed by atoms with Crippen LogP contribution in [-0.2, 0) is 9.59 Å². The number of amides is 4. The van der Waals surface area contributed by atoms with Gasteiger partial charge in [-0.15, -0.1) is 0 Å². The van der Waals surface area contributed by atoms with Crippen LogP contribution in [0, 0.1) is 0 Å². The Morgan fingerprint density at radius 3 is 1.50 bits per heavy atom. The highest BCUT2D eigenvalue weighted by molar-refractivity contribution is 8.18. The first-order chi connectivity index (χ1) is 17.3. The van der Waals surface area contributed by atoms with Gasteiger partial charge in [0, 0.05) is 11.1 Å². The fourth-order valence-electron chi connectivity index (χ4n) is 3.63. The van der Waals surface area contributed by atoms with Gasteiger partial charge in [-0.1, -0.05) is 36.4 Å². The van der Waals surface area contributed by atoms with Gasteiger partial charge in [0.15, 0.2) is 0 Å². The fraction of sp³-hybridized carbons (Fsp3) is 0.200. The first-order valence-electron chi connectivity index (χ1n) is 10.8. The predicted octanol–water partition coefficient (Wildman–Crippen LogP) is 4.32. The largest absolute Gasteiger partial charge is 0.496 e. The van der Waals surface area contributed by atoms with Crippen LogP contribution in [0.1, 0.15) is 11.1 Å². The molecule has 0 spiro atoms. The molecule has 0 saturated carbocycles. The maximum absolute atomic E-state index is 12.9. The average molecular weight is 526 g/mol. The highest BCUT2D eigenvalue weighted by Gasteiger charge is 2.39. The molecule has 11 heteroatoms. The molecule has 2 saturated heterocycles. The fourth-order valence-corrected chi connectivity index (χ4v) is 5.27. The SMILES string of the molecule is COc1ccccc1/C=C1\SC(=O)N(CN(C)CN2C(=O)S/C(=C\c3ccccc3OC)C2=O)C1=O. The van der Waals surface area contributed by atoms with Crippen LogP contribution in [0.15, 0.2) is 58.3 Å². The lowest BCUT2D eigenvalue weighted by Crippen LogP contribution is -2.45. The smallest absolute Gasteiger partial charge is 0.294 e. The van der Waals surface area contributed by atoms with E-state index in [1.165, 1.54) is 14.2 Å². The van der Waals surface area contributed by atoms with E-state index >= 15 is 0 Å². The van der Waals surface area contributed by atoms with E-state index in [0.717, 1.165) is 33.3 Å². The van der Waals surface area contributed by atoms with Crippen LogP contribution in [0.3, 0.4) is 0 Å². The molecule has 2 aliphatic heterocycles. The highest BCUT2D eigenvalue weighted by Crippen LogP contribution is 2.35. The predicted molar refractivity (Wildman–Crippen MR) is 139 cm³/mol. The minimum Gasteiger partial charge on any atom is -0.496 e. The van der Waals surface area contributed by atoms with Crippen LogP contribution < -0.4 is 9.47 Å². The Kier molecular flexibility index (Phi) is 7.82. The zero-order chi connectivity index (χ0) is 25.8. The number of hydrogen-bond acceptors (Lipinski definition) is 9. The van der Waals surface area contributed by atoms with E-state index in [9.17, 15) is 19.2 Å². The Hall–Kier alpha value is -3.54. The van der Waals surface area contributed by atoms with Crippen LogP contribution in [0.2, 0.25) is 0 Å². The topological polar surface area (TPSA) is 96.5 Å². The molecule has 4 rings (SSSR count). The molecule has 2 heterocycles. The average Bonchev–Trinajstić information content (AvgIpc) is 3.28. The van der Waals surface area contributed by atoms with Crippen molar-refractivity contribution in [2.75, 3.05) is 34.6 Å². The lowest BCUT2D eigenvalue weighted by Gasteiger charge is -2.25. The van der Waals surface area contributed by atoms with Crippen molar-refractivity contribution in [3.63, 3.8) is 0 Å². The van der Waals surface area contributed by atoms with Crippen molar-refractivity contribution >= 4 is 58.0 Å². The van der Waals surface area contributed by atoms with Gasteiger partial charge in [-0.3, -0.25) is 33.9 Å². The molecule has 2 aliphatic rings. The molecule has 186 valence electrons. The molecule has 0 aromatic heterocycles.